The highest BCUT2D eigenvalue weighted by Gasteiger charge is 2.15. The number of halogens is 2. The standard InChI is InChI=1S/C13H11F2NO/c1-8-3-5-10(16-7-8)9-4-6-11(17-2)13(15)12(9)14/h3-7H,1-2H3. The highest BCUT2D eigenvalue weighted by molar-refractivity contribution is 5.61. The second-order valence-corrected chi connectivity index (χ2v) is 3.66. The molecule has 2 aromatic rings. The van der Waals surface area contributed by atoms with Crippen LogP contribution in [-0.4, -0.2) is 12.1 Å². The minimum atomic E-state index is -0.993. The van der Waals surface area contributed by atoms with Crippen molar-refractivity contribution < 1.29 is 13.5 Å². The monoisotopic (exact) mass is 235 g/mol. The number of aryl methyl sites for hydroxylation is 1. The Morgan fingerprint density at radius 3 is 2.41 bits per heavy atom. The summed E-state index contributed by atoms with van der Waals surface area (Å²) in [6, 6.07) is 6.29. The lowest BCUT2D eigenvalue weighted by molar-refractivity contribution is 0.372. The van der Waals surface area contributed by atoms with Gasteiger partial charge in [0.1, 0.15) is 0 Å². The molecule has 17 heavy (non-hydrogen) atoms. The second-order valence-electron chi connectivity index (χ2n) is 3.66. The number of pyridine rings is 1. The first-order valence-corrected chi connectivity index (χ1v) is 5.08. The lowest BCUT2D eigenvalue weighted by Crippen LogP contribution is -1.96. The fourth-order valence-electron chi connectivity index (χ4n) is 1.51. The Morgan fingerprint density at radius 1 is 1.06 bits per heavy atom. The van der Waals surface area contributed by atoms with Gasteiger partial charge in [-0.1, -0.05) is 6.07 Å². The third-order valence-corrected chi connectivity index (χ3v) is 2.45. The SMILES string of the molecule is COc1ccc(-c2ccc(C)cn2)c(F)c1F. The van der Waals surface area contributed by atoms with Gasteiger partial charge >= 0.3 is 0 Å². The van der Waals surface area contributed by atoms with Crippen LogP contribution in [0.2, 0.25) is 0 Å². The van der Waals surface area contributed by atoms with Crippen molar-refractivity contribution in [3.8, 4) is 17.0 Å². The van der Waals surface area contributed by atoms with Crippen LogP contribution in [0.15, 0.2) is 30.5 Å². The van der Waals surface area contributed by atoms with Gasteiger partial charge in [0.05, 0.1) is 12.8 Å². The predicted octanol–water partition coefficient (Wildman–Crippen LogP) is 3.34. The number of benzene rings is 1. The molecule has 1 heterocycles. The van der Waals surface area contributed by atoms with Crippen molar-refractivity contribution in [3.05, 3.63) is 47.7 Å². The number of nitrogens with zero attached hydrogens (tertiary/aromatic N) is 1. The van der Waals surface area contributed by atoms with Crippen molar-refractivity contribution in [1.29, 1.82) is 0 Å². The fourth-order valence-corrected chi connectivity index (χ4v) is 1.51. The van der Waals surface area contributed by atoms with Crippen LogP contribution in [0.4, 0.5) is 8.78 Å². The van der Waals surface area contributed by atoms with E-state index in [9.17, 15) is 8.78 Å². The van der Waals surface area contributed by atoms with Gasteiger partial charge in [-0.15, -0.1) is 0 Å². The molecular formula is C13H11F2NO. The van der Waals surface area contributed by atoms with Gasteiger partial charge < -0.3 is 4.74 Å². The maximum absolute atomic E-state index is 13.7. The summed E-state index contributed by atoms with van der Waals surface area (Å²) >= 11 is 0. The molecule has 0 amide bonds. The first-order valence-electron chi connectivity index (χ1n) is 5.08. The summed E-state index contributed by atoms with van der Waals surface area (Å²) in [7, 11) is 1.29. The van der Waals surface area contributed by atoms with Crippen LogP contribution in [0.3, 0.4) is 0 Å². The van der Waals surface area contributed by atoms with Gasteiger partial charge in [0, 0.05) is 11.8 Å². The summed E-state index contributed by atoms with van der Waals surface area (Å²) in [6.45, 7) is 1.88. The molecule has 0 bridgehead atoms. The topological polar surface area (TPSA) is 22.1 Å². The summed E-state index contributed by atoms with van der Waals surface area (Å²) in [5, 5.41) is 0. The maximum Gasteiger partial charge on any atom is 0.201 e. The molecule has 2 nitrogen and oxygen atoms in total. The highest BCUT2D eigenvalue weighted by atomic mass is 19.2. The molecular weight excluding hydrogens is 224 g/mol. The predicted molar refractivity (Wildman–Crippen MR) is 60.9 cm³/mol. The van der Waals surface area contributed by atoms with E-state index >= 15 is 0 Å². The molecule has 0 saturated carbocycles. The summed E-state index contributed by atoms with van der Waals surface area (Å²) < 4.78 is 31.9. The molecule has 0 aliphatic rings. The van der Waals surface area contributed by atoms with Gasteiger partial charge in [0.15, 0.2) is 11.6 Å². The molecule has 4 heteroatoms. The summed E-state index contributed by atoms with van der Waals surface area (Å²) in [4.78, 5) is 4.06. The zero-order chi connectivity index (χ0) is 12.4. The molecule has 1 aromatic heterocycles. The van der Waals surface area contributed by atoms with Crippen LogP contribution in [0, 0.1) is 18.6 Å². The molecule has 0 aliphatic carbocycles. The molecule has 0 radical (unpaired) electrons. The Hall–Kier alpha value is -1.97. The third-order valence-electron chi connectivity index (χ3n) is 2.45. The molecule has 2 rings (SSSR count). The molecule has 0 saturated heterocycles. The number of hydrogen-bond acceptors (Lipinski definition) is 2. The van der Waals surface area contributed by atoms with Crippen LogP contribution in [0.1, 0.15) is 5.56 Å². The van der Waals surface area contributed by atoms with Crippen molar-refractivity contribution in [2.45, 2.75) is 6.92 Å². The Balaban J connectivity index is 2.53. The molecule has 0 N–H and O–H groups in total. The third kappa shape index (κ3) is 2.11. The van der Waals surface area contributed by atoms with Crippen molar-refractivity contribution in [2.24, 2.45) is 0 Å². The van der Waals surface area contributed by atoms with E-state index in [1.807, 2.05) is 6.92 Å². The van der Waals surface area contributed by atoms with E-state index in [2.05, 4.69) is 4.98 Å². The second kappa shape index (κ2) is 4.49. The van der Waals surface area contributed by atoms with Crippen LogP contribution >= 0.6 is 0 Å². The van der Waals surface area contributed by atoms with Crippen LogP contribution < -0.4 is 4.74 Å². The van der Waals surface area contributed by atoms with E-state index in [0.717, 1.165) is 5.56 Å². The average molecular weight is 235 g/mol. The van der Waals surface area contributed by atoms with E-state index in [0.29, 0.717) is 5.69 Å². The maximum atomic E-state index is 13.7. The molecule has 0 aliphatic heterocycles. The molecule has 1 aromatic carbocycles. The van der Waals surface area contributed by atoms with Crippen LogP contribution in [-0.2, 0) is 0 Å². The van der Waals surface area contributed by atoms with Crippen molar-refractivity contribution in [1.82, 2.24) is 4.98 Å². The van der Waals surface area contributed by atoms with Crippen LogP contribution in [0.5, 0.6) is 5.75 Å². The number of aromatic nitrogens is 1. The van der Waals surface area contributed by atoms with Gasteiger partial charge in [0.25, 0.3) is 0 Å². The quantitative estimate of drug-likeness (QED) is 0.796. The van der Waals surface area contributed by atoms with Crippen molar-refractivity contribution in [3.63, 3.8) is 0 Å². The number of methoxy groups -OCH3 is 1. The zero-order valence-corrected chi connectivity index (χ0v) is 9.50. The smallest absolute Gasteiger partial charge is 0.201 e. The minimum Gasteiger partial charge on any atom is -0.494 e. The first-order chi connectivity index (χ1) is 8.13. The average Bonchev–Trinajstić information content (AvgIpc) is 2.34. The minimum absolute atomic E-state index is 0.113. The largest absolute Gasteiger partial charge is 0.494 e. The van der Waals surface area contributed by atoms with Crippen LogP contribution in [0.25, 0.3) is 11.3 Å². The van der Waals surface area contributed by atoms with E-state index in [1.165, 1.54) is 19.2 Å². The highest BCUT2D eigenvalue weighted by Crippen LogP contribution is 2.28. The Kier molecular flexibility index (Phi) is 3.04. The normalized spacial score (nSPS) is 10.4. The van der Waals surface area contributed by atoms with Gasteiger partial charge in [-0.25, -0.2) is 4.39 Å². The fraction of sp³-hybridized carbons (Fsp3) is 0.154. The first kappa shape index (κ1) is 11.5. The Labute approximate surface area is 97.9 Å². The lowest BCUT2D eigenvalue weighted by atomic mass is 10.1. The Bertz CT molecular complexity index is 538. The van der Waals surface area contributed by atoms with E-state index in [-0.39, 0.29) is 11.3 Å². The molecule has 0 atom stereocenters. The number of rotatable bonds is 2. The van der Waals surface area contributed by atoms with Gasteiger partial charge in [-0.05, 0) is 30.7 Å². The zero-order valence-electron chi connectivity index (χ0n) is 9.50. The molecule has 0 fully saturated rings. The van der Waals surface area contributed by atoms with Gasteiger partial charge in [-0.2, -0.15) is 4.39 Å². The number of ether oxygens (including phenoxy) is 1. The summed E-state index contributed by atoms with van der Waals surface area (Å²) in [5.74, 6) is -2.05. The number of hydrogen-bond donors (Lipinski definition) is 0. The lowest BCUT2D eigenvalue weighted by Gasteiger charge is -2.07. The van der Waals surface area contributed by atoms with E-state index in [4.69, 9.17) is 4.74 Å². The van der Waals surface area contributed by atoms with E-state index in [1.54, 1.807) is 18.3 Å². The van der Waals surface area contributed by atoms with Crippen molar-refractivity contribution >= 4 is 0 Å². The molecule has 0 unspecified atom stereocenters. The molecule has 0 spiro atoms. The Morgan fingerprint density at radius 2 is 1.82 bits per heavy atom. The van der Waals surface area contributed by atoms with E-state index < -0.39 is 11.6 Å². The van der Waals surface area contributed by atoms with Gasteiger partial charge in [0.2, 0.25) is 5.82 Å². The molecule has 88 valence electrons. The summed E-state index contributed by atoms with van der Waals surface area (Å²) in [6.07, 6.45) is 1.61. The van der Waals surface area contributed by atoms with Gasteiger partial charge in [-0.3, -0.25) is 4.98 Å². The summed E-state index contributed by atoms with van der Waals surface area (Å²) in [5.41, 5.74) is 1.49. The van der Waals surface area contributed by atoms with Crippen molar-refractivity contribution in [2.75, 3.05) is 7.11 Å².